The molecule has 0 spiro atoms. The number of rotatable bonds is 3. The molecule has 0 aliphatic rings. The highest BCUT2D eigenvalue weighted by Crippen LogP contribution is 2.29. The van der Waals surface area contributed by atoms with Crippen LogP contribution in [0.15, 0.2) is 5.11 Å². The molecular formula is C7H14BrN3. The second kappa shape index (κ2) is 3.46. The average molecular weight is 220 g/mol. The number of hydrogen-bond donors (Lipinski definition) is 0. The molecule has 0 rings (SSSR count). The summed E-state index contributed by atoms with van der Waals surface area (Å²) >= 11 is 3.50. The first-order chi connectivity index (χ1) is 4.77. The molecule has 0 aromatic carbocycles. The zero-order chi connectivity index (χ0) is 9.12. The molecule has 0 atom stereocenters. The molecule has 0 N–H and O–H groups in total. The van der Waals surface area contributed by atoms with Gasteiger partial charge in [-0.15, -0.1) is 0 Å². The Balaban J connectivity index is 4.24. The van der Waals surface area contributed by atoms with E-state index in [9.17, 15) is 0 Å². The fourth-order valence-electron chi connectivity index (χ4n) is 1.19. The van der Waals surface area contributed by atoms with E-state index in [1.807, 2.05) is 13.8 Å². The number of halogens is 1. The monoisotopic (exact) mass is 219 g/mol. The molecule has 0 saturated heterocycles. The summed E-state index contributed by atoms with van der Waals surface area (Å²) < 4.78 is 0.0324. The van der Waals surface area contributed by atoms with E-state index in [2.05, 4.69) is 39.8 Å². The third-order valence-electron chi connectivity index (χ3n) is 1.17. The first-order valence-corrected chi connectivity index (χ1v) is 4.31. The molecule has 0 amide bonds. The van der Waals surface area contributed by atoms with E-state index < -0.39 is 0 Å². The van der Waals surface area contributed by atoms with Crippen LogP contribution >= 0.6 is 15.9 Å². The zero-order valence-corrected chi connectivity index (χ0v) is 9.01. The molecule has 3 nitrogen and oxygen atoms in total. The first kappa shape index (κ1) is 10.8. The Bertz CT molecular complexity index is 175. The maximum atomic E-state index is 8.24. The third-order valence-corrected chi connectivity index (χ3v) is 1.45. The molecule has 0 aromatic rings. The van der Waals surface area contributed by atoms with Crippen LogP contribution in [-0.4, -0.2) is 9.86 Å². The van der Waals surface area contributed by atoms with Gasteiger partial charge in [0.25, 0.3) is 0 Å². The van der Waals surface area contributed by atoms with Gasteiger partial charge in [-0.1, -0.05) is 48.7 Å². The summed E-state index contributed by atoms with van der Waals surface area (Å²) in [6, 6.07) is 0. The highest BCUT2D eigenvalue weighted by molar-refractivity contribution is 9.10. The second-order valence-electron chi connectivity index (χ2n) is 3.90. The SMILES string of the molecule is CC(C)(Br)CC(C)(C)N=[N+]=[N-]. The maximum Gasteiger partial charge on any atom is 0.0445 e. The Kier molecular flexibility index (Phi) is 3.39. The Morgan fingerprint density at radius 3 is 2.09 bits per heavy atom. The molecule has 0 radical (unpaired) electrons. The van der Waals surface area contributed by atoms with Crippen LogP contribution in [0.1, 0.15) is 34.1 Å². The number of hydrogen-bond acceptors (Lipinski definition) is 1. The van der Waals surface area contributed by atoms with Crippen molar-refractivity contribution in [2.24, 2.45) is 5.11 Å². The molecule has 11 heavy (non-hydrogen) atoms. The van der Waals surface area contributed by atoms with Gasteiger partial charge in [-0.05, 0) is 12.0 Å². The summed E-state index contributed by atoms with van der Waals surface area (Å²) in [6.07, 6.45) is 0.823. The van der Waals surface area contributed by atoms with Gasteiger partial charge in [0.1, 0.15) is 0 Å². The van der Waals surface area contributed by atoms with Crippen molar-refractivity contribution < 1.29 is 0 Å². The molecule has 0 bridgehead atoms. The van der Waals surface area contributed by atoms with Crippen LogP contribution in [0.2, 0.25) is 0 Å². The molecule has 0 aliphatic carbocycles. The third kappa shape index (κ3) is 6.20. The van der Waals surface area contributed by atoms with E-state index in [4.69, 9.17) is 5.53 Å². The van der Waals surface area contributed by atoms with E-state index in [0.29, 0.717) is 0 Å². The van der Waals surface area contributed by atoms with Crippen LogP contribution in [-0.2, 0) is 0 Å². The molecule has 0 unspecified atom stereocenters. The average Bonchev–Trinajstić information content (AvgIpc) is 1.55. The molecular weight excluding hydrogens is 206 g/mol. The first-order valence-electron chi connectivity index (χ1n) is 3.52. The lowest BCUT2D eigenvalue weighted by Crippen LogP contribution is -2.26. The highest BCUT2D eigenvalue weighted by Gasteiger charge is 2.25. The Labute approximate surface area is 75.9 Å². The summed E-state index contributed by atoms with van der Waals surface area (Å²) in [5, 5.41) is 3.69. The normalized spacial score (nSPS) is 12.5. The van der Waals surface area contributed by atoms with Crippen LogP contribution in [0, 0.1) is 0 Å². The van der Waals surface area contributed by atoms with Gasteiger partial charge in [-0.3, -0.25) is 0 Å². The lowest BCUT2D eigenvalue weighted by atomic mass is 9.94. The Morgan fingerprint density at radius 2 is 1.82 bits per heavy atom. The number of nitrogens with zero attached hydrogens (tertiary/aromatic N) is 3. The minimum atomic E-state index is -0.304. The minimum Gasteiger partial charge on any atom is -0.0878 e. The zero-order valence-electron chi connectivity index (χ0n) is 7.43. The van der Waals surface area contributed by atoms with Crippen LogP contribution in [0.3, 0.4) is 0 Å². The molecule has 0 fully saturated rings. The molecule has 64 valence electrons. The van der Waals surface area contributed by atoms with Gasteiger partial charge in [0.15, 0.2) is 0 Å². The van der Waals surface area contributed by atoms with Crippen molar-refractivity contribution in [3.05, 3.63) is 10.4 Å². The largest absolute Gasteiger partial charge is 0.0878 e. The Morgan fingerprint density at radius 1 is 1.36 bits per heavy atom. The van der Waals surface area contributed by atoms with Crippen molar-refractivity contribution in [1.82, 2.24) is 0 Å². The van der Waals surface area contributed by atoms with Gasteiger partial charge >= 0.3 is 0 Å². The van der Waals surface area contributed by atoms with Crippen LogP contribution in [0.4, 0.5) is 0 Å². The van der Waals surface area contributed by atoms with Crippen molar-refractivity contribution in [2.75, 3.05) is 0 Å². The number of alkyl halides is 1. The maximum absolute atomic E-state index is 8.24. The summed E-state index contributed by atoms with van der Waals surface area (Å²) in [4.78, 5) is 2.80. The molecule has 4 heteroatoms. The van der Waals surface area contributed by atoms with Crippen molar-refractivity contribution in [1.29, 1.82) is 0 Å². The van der Waals surface area contributed by atoms with Gasteiger partial charge in [-0.25, -0.2) is 0 Å². The lowest BCUT2D eigenvalue weighted by Gasteiger charge is -2.26. The van der Waals surface area contributed by atoms with Gasteiger partial charge in [0.05, 0.1) is 0 Å². The quantitative estimate of drug-likeness (QED) is 0.302. The predicted molar refractivity (Wildman–Crippen MR) is 50.8 cm³/mol. The topological polar surface area (TPSA) is 48.8 Å². The smallest absolute Gasteiger partial charge is 0.0445 e. The minimum absolute atomic E-state index is 0.0324. The molecule has 0 heterocycles. The lowest BCUT2D eigenvalue weighted by molar-refractivity contribution is 0.428. The van der Waals surface area contributed by atoms with Crippen molar-refractivity contribution >= 4 is 15.9 Å². The van der Waals surface area contributed by atoms with Gasteiger partial charge in [0, 0.05) is 14.8 Å². The van der Waals surface area contributed by atoms with Crippen LogP contribution < -0.4 is 0 Å². The summed E-state index contributed by atoms with van der Waals surface area (Å²) in [5.74, 6) is 0. The van der Waals surface area contributed by atoms with Crippen molar-refractivity contribution in [2.45, 2.75) is 44.0 Å². The van der Waals surface area contributed by atoms with E-state index in [1.54, 1.807) is 0 Å². The van der Waals surface area contributed by atoms with Gasteiger partial charge in [-0.2, -0.15) is 0 Å². The summed E-state index contributed by atoms with van der Waals surface area (Å²) in [5.41, 5.74) is 7.94. The number of azide groups is 1. The van der Waals surface area contributed by atoms with Crippen LogP contribution in [0.5, 0.6) is 0 Å². The van der Waals surface area contributed by atoms with E-state index in [-0.39, 0.29) is 9.86 Å². The van der Waals surface area contributed by atoms with Crippen molar-refractivity contribution in [3.63, 3.8) is 0 Å². The standard InChI is InChI=1S/C7H14BrN3/c1-6(2,8)5-7(3,4)10-11-9/h5H2,1-4H3. The molecule has 0 aromatic heterocycles. The highest BCUT2D eigenvalue weighted by atomic mass is 79.9. The van der Waals surface area contributed by atoms with Crippen molar-refractivity contribution in [3.8, 4) is 0 Å². The Hall–Kier alpha value is -0.210. The molecule has 0 saturated carbocycles. The summed E-state index contributed by atoms with van der Waals surface area (Å²) in [6.45, 7) is 7.97. The van der Waals surface area contributed by atoms with E-state index >= 15 is 0 Å². The summed E-state index contributed by atoms with van der Waals surface area (Å²) in [7, 11) is 0. The predicted octanol–water partition coefficient (Wildman–Crippen LogP) is 3.64. The molecule has 0 aliphatic heterocycles. The van der Waals surface area contributed by atoms with Gasteiger partial charge < -0.3 is 0 Å². The van der Waals surface area contributed by atoms with Crippen LogP contribution in [0.25, 0.3) is 10.4 Å². The van der Waals surface area contributed by atoms with E-state index in [1.165, 1.54) is 0 Å². The van der Waals surface area contributed by atoms with E-state index in [0.717, 1.165) is 6.42 Å². The second-order valence-corrected chi connectivity index (χ2v) is 6.04. The fraction of sp³-hybridized carbons (Fsp3) is 1.00. The van der Waals surface area contributed by atoms with Gasteiger partial charge in [0.2, 0.25) is 0 Å². The fourth-order valence-corrected chi connectivity index (χ4v) is 1.87.